The second-order valence-electron chi connectivity index (χ2n) is 3.46. The lowest BCUT2D eigenvalue weighted by molar-refractivity contribution is 0.619. The van der Waals surface area contributed by atoms with Crippen molar-refractivity contribution in [3.8, 4) is 0 Å². The van der Waals surface area contributed by atoms with E-state index in [0.717, 1.165) is 12.0 Å². The Morgan fingerprint density at radius 3 is 2.69 bits per heavy atom. The minimum Gasteiger partial charge on any atom is -0.235 e. The Morgan fingerprint density at radius 1 is 1.46 bits per heavy atom. The summed E-state index contributed by atoms with van der Waals surface area (Å²) >= 11 is 0. The molecule has 0 unspecified atom stereocenters. The smallest absolute Gasteiger partial charge is 0.225 e. The molecule has 1 aromatic carbocycles. The molecule has 0 aliphatic carbocycles. The van der Waals surface area contributed by atoms with Crippen molar-refractivity contribution in [3.63, 3.8) is 0 Å². The monoisotopic (exact) mass is 177 g/mol. The molecule has 0 aromatic heterocycles. The summed E-state index contributed by atoms with van der Waals surface area (Å²) < 4.78 is 13.1. The van der Waals surface area contributed by atoms with Crippen LogP contribution >= 0.6 is 0 Å². The molecular weight excluding hydrogens is 165 g/mol. The normalized spacial score (nSPS) is 10.1. The molecule has 0 N–H and O–H groups in total. The Morgan fingerprint density at radius 2 is 2.15 bits per heavy atom. The summed E-state index contributed by atoms with van der Waals surface area (Å²) in [5, 5.41) is 0. The number of hydrogen-bond acceptors (Lipinski definition) is 0. The van der Waals surface area contributed by atoms with Crippen LogP contribution in [-0.2, 0) is 6.42 Å². The van der Waals surface area contributed by atoms with Gasteiger partial charge in [-0.1, -0.05) is 26.0 Å². The molecule has 0 heterocycles. The van der Waals surface area contributed by atoms with E-state index < -0.39 is 5.82 Å². The summed E-state index contributed by atoms with van der Waals surface area (Å²) in [6.07, 6.45) is 0.759. The van der Waals surface area contributed by atoms with Gasteiger partial charge in [-0.3, -0.25) is 0 Å². The summed E-state index contributed by atoms with van der Waals surface area (Å²) in [6, 6.07) is 4.80. The summed E-state index contributed by atoms with van der Waals surface area (Å²) in [4.78, 5) is 3.20. The van der Waals surface area contributed by atoms with Gasteiger partial charge in [0.2, 0.25) is 5.69 Å². The SMILES string of the molecule is [C-]#[N+]c1c(F)cccc1CC(C)C. The van der Waals surface area contributed by atoms with E-state index in [1.807, 2.05) is 6.07 Å². The number of hydrogen-bond donors (Lipinski definition) is 0. The van der Waals surface area contributed by atoms with E-state index in [9.17, 15) is 4.39 Å². The van der Waals surface area contributed by atoms with E-state index in [4.69, 9.17) is 6.57 Å². The van der Waals surface area contributed by atoms with Crippen molar-refractivity contribution in [1.82, 2.24) is 0 Å². The fraction of sp³-hybridized carbons (Fsp3) is 0.364. The van der Waals surface area contributed by atoms with Crippen LogP contribution in [-0.4, -0.2) is 0 Å². The van der Waals surface area contributed by atoms with Crippen LogP contribution in [0.3, 0.4) is 0 Å². The summed E-state index contributed by atoms with van der Waals surface area (Å²) in [5.41, 5.74) is 0.987. The molecule has 0 bridgehead atoms. The van der Waals surface area contributed by atoms with Gasteiger partial charge in [-0.25, -0.2) is 9.24 Å². The van der Waals surface area contributed by atoms with Gasteiger partial charge in [-0.2, -0.15) is 0 Å². The van der Waals surface area contributed by atoms with Crippen molar-refractivity contribution in [2.45, 2.75) is 20.3 Å². The van der Waals surface area contributed by atoms with E-state index in [2.05, 4.69) is 18.7 Å². The van der Waals surface area contributed by atoms with Crippen molar-refractivity contribution in [1.29, 1.82) is 0 Å². The van der Waals surface area contributed by atoms with Gasteiger partial charge in [0.05, 0.1) is 6.57 Å². The predicted octanol–water partition coefficient (Wildman–Crippen LogP) is 3.57. The second-order valence-corrected chi connectivity index (χ2v) is 3.46. The van der Waals surface area contributed by atoms with Crippen LogP contribution in [0.15, 0.2) is 18.2 Å². The number of nitrogens with zero attached hydrogens (tertiary/aromatic N) is 1. The van der Waals surface area contributed by atoms with E-state index in [-0.39, 0.29) is 5.69 Å². The third-order valence-electron chi connectivity index (χ3n) is 1.81. The van der Waals surface area contributed by atoms with Gasteiger partial charge in [-0.15, -0.1) is 0 Å². The molecule has 0 fully saturated rings. The van der Waals surface area contributed by atoms with Gasteiger partial charge in [0.1, 0.15) is 5.82 Å². The standard InChI is InChI=1S/C11H12FN/c1-8(2)7-9-5-4-6-10(12)11(9)13-3/h4-6,8H,7H2,1-2H3. The molecule has 0 spiro atoms. The maximum Gasteiger partial charge on any atom is 0.225 e. The number of benzene rings is 1. The fourth-order valence-electron chi connectivity index (χ4n) is 1.29. The van der Waals surface area contributed by atoms with Crippen LogP contribution in [0.5, 0.6) is 0 Å². The molecule has 68 valence electrons. The Balaban J connectivity index is 3.07. The van der Waals surface area contributed by atoms with Crippen LogP contribution in [0.2, 0.25) is 0 Å². The summed E-state index contributed by atoms with van der Waals surface area (Å²) in [5.74, 6) is 0.0375. The predicted molar refractivity (Wildman–Crippen MR) is 51.2 cm³/mol. The van der Waals surface area contributed by atoms with Crippen LogP contribution in [0.4, 0.5) is 10.1 Å². The van der Waals surface area contributed by atoms with E-state index in [1.54, 1.807) is 6.07 Å². The summed E-state index contributed by atoms with van der Waals surface area (Å²) in [7, 11) is 0. The molecule has 13 heavy (non-hydrogen) atoms. The molecular formula is C11H12FN. The quantitative estimate of drug-likeness (QED) is 0.608. The molecule has 0 aliphatic heterocycles. The van der Waals surface area contributed by atoms with Crippen LogP contribution in [0.1, 0.15) is 19.4 Å². The zero-order valence-electron chi connectivity index (χ0n) is 7.84. The third kappa shape index (κ3) is 2.29. The number of para-hydroxylation sites is 1. The van der Waals surface area contributed by atoms with Crippen molar-refractivity contribution >= 4 is 5.69 Å². The van der Waals surface area contributed by atoms with Crippen molar-refractivity contribution in [2.75, 3.05) is 0 Å². The molecule has 1 rings (SSSR count). The van der Waals surface area contributed by atoms with E-state index >= 15 is 0 Å². The largest absolute Gasteiger partial charge is 0.235 e. The molecule has 0 saturated carbocycles. The first-order valence-corrected chi connectivity index (χ1v) is 4.30. The lowest BCUT2D eigenvalue weighted by Crippen LogP contribution is -1.94. The molecule has 0 saturated heterocycles. The Bertz CT molecular complexity index is 336. The number of halogens is 1. The Labute approximate surface area is 78.0 Å². The van der Waals surface area contributed by atoms with Gasteiger partial charge in [0.25, 0.3) is 0 Å². The summed E-state index contributed by atoms with van der Waals surface area (Å²) in [6.45, 7) is 11.0. The maximum absolute atomic E-state index is 13.1. The topological polar surface area (TPSA) is 4.36 Å². The lowest BCUT2D eigenvalue weighted by atomic mass is 10.0. The number of rotatable bonds is 2. The average molecular weight is 177 g/mol. The molecule has 0 radical (unpaired) electrons. The highest BCUT2D eigenvalue weighted by Gasteiger charge is 2.08. The highest BCUT2D eigenvalue weighted by Crippen LogP contribution is 2.25. The van der Waals surface area contributed by atoms with Gasteiger partial charge in [-0.05, 0) is 24.0 Å². The molecule has 1 aromatic rings. The van der Waals surface area contributed by atoms with Crippen molar-refractivity contribution in [3.05, 3.63) is 41.0 Å². The van der Waals surface area contributed by atoms with Crippen LogP contribution in [0.25, 0.3) is 4.85 Å². The zero-order chi connectivity index (χ0) is 9.84. The van der Waals surface area contributed by atoms with Crippen molar-refractivity contribution < 1.29 is 4.39 Å². The fourth-order valence-corrected chi connectivity index (χ4v) is 1.29. The minimum atomic E-state index is -0.409. The Kier molecular flexibility index (Phi) is 3.02. The average Bonchev–Trinajstić information content (AvgIpc) is 2.03. The first-order valence-electron chi connectivity index (χ1n) is 4.30. The first-order chi connectivity index (χ1) is 6.15. The highest BCUT2D eigenvalue weighted by molar-refractivity contribution is 5.53. The lowest BCUT2D eigenvalue weighted by Gasteiger charge is -2.06. The molecule has 0 amide bonds. The zero-order valence-corrected chi connectivity index (χ0v) is 7.84. The van der Waals surface area contributed by atoms with Crippen LogP contribution in [0, 0.1) is 18.3 Å². The van der Waals surface area contributed by atoms with E-state index in [0.29, 0.717) is 5.92 Å². The van der Waals surface area contributed by atoms with Gasteiger partial charge >= 0.3 is 0 Å². The molecule has 0 aliphatic rings. The first kappa shape index (κ1) is 9.73. The molecule has 1 nitrogen and oxygen atoms in total. The van der Waals surface area contributed by atoms with E-state index in [1.165, 1.54) is 6.07 Å². The molecule has 0 atom stereocenters. The second kappa shape index (κ2) is 4.04. The maximum atomic E-state index is 13.1. The highest BCUT2D eigenvalue weighted by atomic mass is 19.1. The minimum absolute atomic E-state index is 0.177. The molecule has 2 heteroatoms. The Hall–Kier alpha value is -1.36. The van der Waals surface area contributed by atoms with Crippen LogP contribution < -0.4 is 0 Å². The van der Waals surface area contributed by atoms with Gasteiger partial charge in [0.15, 0.2) is 0 Å². The third-order valence-corrected chi connectivity index (χ3v) is 1.81. The van der Waals surface area contributed by atoms with Gasteiger partial charge < -0.3 is 0 Å². The van der Waals surface area contributed by atoms with Crippen molar-refractivity contribution in [2.24, 2.45) is 5.92 Å². The van der Waals surface area contributed by atoms with Gasteiger partial charge in [0, 0.05) is 0 Å².